The monoisotopic (exact) mass is 333 g/mol. The van der Waals surface area contributed by atoms with E-state index in [1.54, 1.807) is 6.08 Å². The first-order chi connectivity index (χ1) is 11.6. The van der Waals surface area contributed by atoms with Gasteiger partial charge in [-0.15, -0.1) is 0 Å². The number of hydrogen-bond donors (Lipinski definition) is 2. The molecule has 0 rings (SSSR count). The van der Waals surface area contributed by atoms with Gasteiger partial charge in [0.2, 0.25) is 5.91 Å². The van der Waals surface area contributed by atoms with Crippen molar-refractivity contribution >= 4 is 5.91 Å². The predicted octanol–water partition coefficient (Wildman–Crippen LogP) is 4.85. The van der Waals surface area contributed by atoms with Gasteiger partial charge in [0.1, 0.15) is 0 Å². The summed E-state index contributed by atoms with van der Waals surface area (Å²) in [6.45, 7) is 6.49. The Morgan fingerprint density at radius 1 is 1.00 bits per heavy atom. The van der Waals surface area contributed by atoms with Crippen molar-refractivity contribution in [2.24, 2.45) is 0 Å². The lowest BCUT2D eigenvalue weighted by Crippen LogP contribution is -2.42. The summed E-state index contributed by atoms with van der Waals surface area (Å²) in [5.41, 5.74) is -0.777. The van der Waals surface area contributed by atoms with E-state index in [0.717, 1.165) is 38.5 Å². The van der Waals surface area contributed by atoms with E-state index in [4.69, 9.17) is 0 Å². The first kappa shape index (κ1) is 22.4. The fourth-order valence-electron chi connectivity index (χ4n) is 2.11. The molecule has 0 aromatic carbocycles. The molecule has 0 spiro atoms. The van der Waals surface area contributed by atoms with Gasteiger partial charge in [-0.1, -0.05) is 76.1 Å². The molecule has 3 heteroatoms. The van der Waals surface area contributed by atoms with Crippen LogP contribution in [-0.2, 0) is 4.79 Å². The fourth-order valence-corrected chi connectivity index (χ4v) is 2.11. The minimum Gasteiger partial charge on any atom is -0.388 e. The summed E-state index contributed by atoms with van der Waals surface area (Å²) in [6, 6.07) is 0. The summed E-state index contributed by atoms with van der Waals surface area (Å²) in [6.07, 6.45) is 21.9. The van der Waals surface area contributed by atoms with Crippen molar-refractivity contribution in [3.8, 4) is 0 Å². The van der Waals surface area contributed by atoms with Crippen LogP contribution in [0.2, 0.25) is 0 Å². The molecule has 136 valence electrons. The van der Waals surface area contributed by atoms with Crippen LogP contribution in [0.1, 0.15) is 65.7 Å². The third-order valence-electron chi connectivity index (χ3n) is 3.86. The third kappa shape index (κ3) is 12.9. The maximum absolute atomic E-state index is 11.8. The van der Waals surface area contributed by atoms with Crippen molar-refractivity contribution < 1.29 is 9.90 Å². The highest BCUT2D eigenvalue weighted by molar-refractivity contribution is 5.87. The number of carbonyl (C=O) groups is 1. The van der Waals surface area contributed by atoms with E-state index < -0.39 is 5.60 Å². The largest absolute Gasteiger partial charge is 0.388 e. The molecule has 0 aliphatic heterocycles. The molecule has 1 unspecified atom stereocenters. The highest BCUT2D eigenvalue weighted by Gasteiger charge is 2.23. The van der Waals surface area contributed by atoms with E-state index in [1.165, 1.54) is 0 Å². The highest BCUT2D eigenvalue weighted by atomic mass is 16.3. The van der Waals surface area contributed by atoms with Crippen molar-refractivity contribution in [2.45, 2.75) is 71.3 Å². The third-order valence-corrected chi connectivity index (χ3v) is 3.86. The zero-order chi connectivity index (χ0) is 18.1. The molecule has 0 heterocycles. The molecular formula is C21H35NO2. The zero-order valence-corrected chi connectivity index (χ0v) is 15.6. The number of unbranched alkanes of at least 4 members (excludes halogenated alkanes) is 2. The van der Waals surface area contributed by atoms with Crippen LogP contribution in [0.25, 0.3) is 0 Å². The second kappa shape index (κ2) is 14.9. The van der Waals surface area contributed by atoms with Gasteiger partial charge < -0.3 is 10.4 Å². The van der Waals surface area contributed by atoms with Crippen LogP contribution in [0.3, 0.4) is 0 Å². The summed E-state index contributed by atoms with van der Waals surface area (Å²) in [7, 11) is 0. The Morgan fingerprint density at radius 3 is 2.29 bits per heavy atom. The number of nitrogens with one attached hydrogen (secondary N) is 1. The number of amides is 1. The summed E-state index contributed by atoms with van der Waals surface area (Å²) in [5, 5.41) is 13.2. The van der Waals surface area contributed by atoms with Gasteiger partial charge in [-0.2, -0.15) is 0 Å². The van der Waals surface area contributed by atoms with Crippen LogP contribution in [-0.4, -0.2) is 23.2 Å². The van der Waals surface area contributed by atoms with Crippen molar-refractivity contribution in [2.75, 3.05) is 6.54 Å². The van der Waals surface area contributed by atoms with Crippen molar-refractivity contribution in [3.63, 3.8) is 0 Å². The summed E-state index contributed by atoms with van der Waals surface area (Å²) < 4.78 is 0. The quantitative estimate of drug-likeness (QED) is 0.287. The van der Waals surface area contributed by atoms with Crippen LogP contribution in [0.4, 0.5) is 0 Å². The van der Waals surface area contributed by atoms with Gasteiger partial charge in [0.05, 0.1) is 5.60 Å². The van der Waals surface area contributed by atoms with E-state index in [-0.39, 0.29) is 5.91 Å². The van der Waals surface area contributed by atoms with E-state index in [9.17, 15) is 9.90 Å². The van der Waals surface area contributed by atoms with E-state index >= 15 is 0 Å². The van der Waals surface area contributed by atoms with Crippen LogP contribution >= 0.6 is 0 Å². The number of rotatable bonds is 13. The first-order valence-electron chi connectivity index (χ1n) is 9.23. The molecule has 0 saturated carbocycles. The van der Waals surface area contributed by atoms with Gasteiger partial charge in [-0.3, -0.25) is 4.79 Å². The van der Waals surface area contributed by atoms with Crippen LogP contribution in [0.5, 0.6) is 0 Å². The molecule has 1 atom stereocenters. The summed E-state index contributed by atoms with van der Waals surface area (Å²) >= 11 is 0. The molecule has 3 nitrogen and oxygen atoms in total. The topological polar surface area (TPSA) is 49.3 Å². The second-order valence-corrected chi connectivity index (χ2v) is 6.03. The normalized spacial score (nSPS) is 15.0. The lowest BCUT2D eigenvalue weighted by Gasteiger charge is -2.26. The molecule has 0 bridgehead atoms. The maximum atomic E-state index is 11.8. The van der Waals surface area contributed by atoms with Gasteiger partial charge in [0.15, 0.2) is 0 Å². The average Bonchev–Trinajstić information content (AvgIpc) is 2.60. The number of carbonyl (C=O) groups excluding carboxylic acids is 1. The second-order valence-electron chi connectivity index (χ2n) is 6.03. The smallest absolute Gasteiger partial charge is 0.243 e. The van der Waals surface area contributed by atoms with Gasteiger partial charge in [0, 0.05) is 6.54 Å². The van der Waals surface area contributed by atoms with Crippen molar-refractivity contribution in [1.82, 2.24) is 5.32 Å². The fraction of sp³-hybridized carbons (Fsp3) is 0.571. The van der Waals surface area contributed by atoms with E-state index in [0.29, 0.717) is 13.0 Å². The minimum absolute atomic E-state index is 0.132. The van der Waals surface area contributed by atoms with Crippen molar-refractivity contribution in [1.29, 1.82) is 0 Å². The molecule has 0 aromatic rings. The Hall–Kier alpha value is -1.61. The maximum Gasteiger partial charge on any atom is 0.243 e. The number of allylic oxidation sites excluding steroid dienone is 7. The molecule has 0 aliphatic carbocycles. The molecule has 2 N–H and O–H groups in total. The Kier molecular flexibility index (Phi) is 13.9. The molecule has 1 amide bonds. The molecular weight excluding hydrogens is 298 g/mol. The van der Waals surface area contributed by atoms with Crippen LogP contribution < -0.4 is 5.32 Å². The molecule has 0 radical (unpaired) electrons. The number of hydrogen-bond acceptors (Lipinski definition) is 2. The minimum atomic E-state index is -0.777. The summed E-state index contributed by atoms with van der Waals surface area (Å²) in [4.78, 5) is 11.8. The average molecular weight is 334 g/mol. The molecule has 24 heavy (non-hydrogen) atoms. The molecule has 0 fully saturated rings. The van der Waals surface area contributed by atoms with Gasteiger partial charge in [0.25, 0.3) is 0 Å². The molecule has 0 aromatic heterocycles. The predicted molar refractivity (Wildman–Crippen MR) is 104 cm³/mol. The summed E-state index contributed by atoms with van der Waals surface area (Å²) in [5.74, 6) is -0.132. The van der Waals surface area contributed by atoms with Gasteiger partial charge in [-0.25, -0.2) is 0 Å². The lowest BCUT2D eigenvalue weighted by molar-refractivity contribution is -0.117. The number of aliphatic hydroxyl groups is 1. The van der Waals surface area contributed by atoms with E-state index in [1.807, 2.05) is 37.3 Å². The Bertz CT molecular complexity index is 435. The molecule has 0 aliphatic rings. The van der Waals surface area contributed by atoms with Crippen molar-refractivity contribution in [3.05, 3.63) is 48.6 Å². The van der Waals surface area contributed by atoms with Gasteiger partial charge >= 0.3 is 0 Å². The Morgan fingerprint density at radius 2 is 1.67 bits per heavy atom. The highest BCUT2D eigenvalue weighted by Crippen LogP contribution is 2.17. The Labute approximate surface area is 148 Å². The van der Waals surface area contributed by atoms with E-state index in [2.05, 4.69) is 31.3 Å². The SMILES string of the molecule is CCC=CC=CC=CCCC=CC(=O)NCC(O)(CC)CCCC. The first-order valence-corrected chi connectivity index (χ1v) is 9.23. The van der Waals surface area contributed by atoms with Gasteiger partial charge in [-0.05, 0) is 38.2 Å². The van der Waals surface area contributed by atoms with Crippen LogP contribution in [0, 0.1) is 0 Å². The lowest BCUT2D eigenvalue weighted by atomic mass is 9.94. The zero-order valence-electron chi connectivity index (χ0n) is 15.6. The molecule has 0 saturated heterocycles. The Balaban J connectivity index is 3.94. The standard InChI is InChI=1S/C21H35NO2/c1-4-7-9-10-11-12-13-14-15-16-17-20(23)22-19-21(24,6-3)18-8-5-2/h7,9-13,16-17,24H,4-6,8,14-15,18-19H2,1-3H3,(H,22,23). The van der Waals surface area contributed by atoms with Crippen LogP contribution in [0.15, 0.2) is 48.6 Å².